The van der Waals surface area contributed by atoms with Crippen molar-refractivity contribution in [1.29, 1.82) is 0 Å². The van der Waals surface area contributed by atoms with Gasteiger partial charge in [0, 0.05) is 11.6 Å². The summed E-state index contributed by atoms with van der Waals surface area (Å²) in [5.41, 5.74) is 11.6. The molecule has 0 amide bonds. The highest BCUT2D eigenvalue weighted by Crippen LogP contribution is 2.22. The molecule has 0 bridgehead atoms. The first-order valence-electron chi connectivity index (χ1n) is 4.48. The summed E-state index contributed by atoms with van der Waals surface area (Å²) < 4.78 is 18.3. The fourth-order valence-corrected chi connectivity index (χ4v) is 1.27. The standard InChI is InChI=1S/C10H15FN2O.ClH/c1-14-7-2-3-9(11)8(6-7)10(13)4-5-12;/h2-3,6,10H,4-5,12-13H2,1H3;1H/t10-;/m0./s1. The van der Waals surface area contributed by atoms with Gasteiger partial charge in [0.05, 0.1) is 7.11 Å². The number of nitrogens with two attached hydrogens (primary N) is 2. The molecule has 0 aliphatic heterocycles. The summed E-state index contributed by atoms with van der Waals surface area (Å²) in [5.74, 6) is 0.292. The second-order valence-corrected chi connectivity index (χ2v) is 3.07. The lowest BCUT2D eigenvalue weighted by molar-refractivity contribution is 0.411. The molecule has 86 valence electrons. The van der Waals surface area contributed by atoms with E-state index in [-0.39, 0.29) is 24.3 Å². The number of rotatable bonds is 4. The minimum atomic E-state index is -0.366. The van der Waals surface area contributed by atoms with Crippen LogP contribution in [0.4, 0.5) is 4.39 Å². The SMILES string of the molecule is COc1ccc(F)c([C@@H](N)CCN)c1.Cl. The van der Waals surface area contributed by atoms with Gasteiger partial charge in [-0.2, -0.15) is 0 Å². The molecule has 0 unspecified atom stereocenters. The lowest BCUT2D eigenvalue weighted by Gasteiger charge is -2.12. The maximum atomic E-state index is 13.3. The molecule has 0 aliphatic carbocycles. The van der Waals surface area contributed by atoms with E-state index in [1.165, 1.54) is 13.2 Å². The van der Waals surface area contributed by atoms with Crippen molar-refractivity contribution in [2.24, 2.45) is 11.5 Å². The minimum absolute atomic E-state index is 0. The van der Waals surface area contributed by atoms with E-state index < -0.39 is 0 Å². The zero-order valence-electron chi connectivity index (χ0n) is 8.57. The molecule has 0 heterocycles. The highest BCUT2D eigenvalue weighted by atomic mass is 35.5. The molecular weight excluding hydrogens is 219 g/mol. The van der Waals surface area contributed by atoms with Gasteiger partial charge >= 0.3 is 0 Å². The summed E-state index contributed by atoms with van der Waals surface area (Å²) in [4.78, 5) is 0. The van der Waals surface area contributed by atoms with Crippen molar-refractivity contribution in [1.82, 2.24) is 0 Å². The number of ether oxygens (including phenoxy) is 1. The van der Waals surface area contributed by atoms with Crippen LogP contribution in [0.3, 0.4) is 0 Å². The Hall–Kier alpha value is -0.840. The maximum absolute atomic E-state index is 13.3. The summed E-state index contributed by atoms with van der Waals surface area (Å²) >= 11 is 0. The van der Waals surface area contributed by atoms with Crippen molar-refractivity contribution in [3.05, 3.63) is 29.6 Å². The van der Waals surface area contributed by atoms with Crippen LogP contribution in [-0.4, -0.2) is 13.7 Å². The molecule has 0 saturated heterocycles. The van der Waals surface area contributed by atoms with Gasteiger partial charge in [-0.3, -0.25) is 0 Å². The van der Waals surface area contributed by atoms with Gasteiger partial charge < -0.3 is 16.2 Å². The van der Waals surface area contributed by atoms with Gasteiger partial charge in [0.2, 0.25) is 0 Å². The number of halogens is 2. The largest absolute Gasteiger partial charge is 0.497 e. The Morgan fingerprint density at radius 1 is 1.47 bits per heavy atom. The van der Waals surface area contributed by atoms with E-state index in [0.717, 1.165) is 0 Å². The van der Waals surface area contributed by atoms with Crippen LogP contribution in [0.1, 0.15) is 18.0 Å². The van der Waals surface area contributed by atoms with E-state index >= 15 is 0 Å². The highest BCUT2D eigenvalue weighted by Gasteiger charge is 2.11. The maximum Gasteiger partial charge on any atom is 0.128 e. The van der Waals surface area contributed by atoms with Gasteiger partial charge in [-0.1, -0.05) is 0 Å². The van der Waals surface area contributed by atoms with Crippen molar-refractivity contribution < 1.29 is 9.13 Å². The van der Waals surface area contributed by atoms with Crippen LogP contribution in [0, 0.1) is 5.82 Å². The van der Waals surface area contributed by atoms with Crippen molar-refractivity contribution >= 4 is 12.4 Å². The average molecular weight is 235 g/mol. The quantitative estimate of drug-likeness (QED) is 0.832. The Kier molecular flexibility index (Phi) is 6.24. The zero-order chi connectivity index (χ0) is 10.6. The number of hydrogen-bond donors (Lipinski definition) is 2. The van der Waals surface area contributed by atoms with Crippen molar-refractivity contribution in [2.45, 2.75) is 12.5 Å². The molecule has 4 N–H and O–H groups in total. The molecule has 0 radical (unpaired) electrons. The van der Waals surface area contributed by atoms with Crippen LogP contribution in [0.25, 0.3) is 0 Å². The summed E-state index contributed by atoms with van der Waals surface area (Å²) in [6.45, 7) is 0.442. The molecule has 0 saturated carbocycles. The van der Waals surface area contributed by atoms with Crippen LogP contribution in [-0.2, 0) is 0 Å². The van der Waals surface area contributed by atoms with Gasteiger partial charge in [-0.05, 0) is 31.2 Å². The molecular formula is C10H16ClFN2O. The topological polar surface area (TPSA) is 61.3 Å². The fourth-order valence-electron chi connectivity index (χ4n) is 1.27. The lowest BCUT2D eigenvalue weighted by Crippen LogP contribution is -2.16. The van der Waals surface area contributed by atoms with Gasteiger partial charge in [0.1, 0.15) is 11.6 Å². The third-order valence-electron chi connectivity index (χ3n) is 2.08. The highest BCUT2D eigenvalue weighted by molar-refractivity contribution is 5.85. The summed E-state index contributed by atoms with van der Waals surface area (Å²) in [5, 5.41) is 0. The molecule has 1 aromatic rings. The summed E-state index contributed by atoms with van der Waals surface area (Å²) in [7, 11) is 1.53. The molecule has 0 aliphatic rings. The summed E-state index contributed by atoms with van der Waals surface area (Å²) in [6.07, 6.45) is 0.560. The van der Waals surface area contributed by atoms with Crippen molar-refractivity contribution in [3.63, 3.8) is 0 Å². The van der Waals surface area contributed by atoms with Crippen LogP contribution in [0.15, 0.2) is 18.2 Å². The fraction of sp³-hybridized carbons (Fsp3) is 0.400. The third-order valence-corrected chi connectivity index (χ3v) is 2.08. The Balaban J connectivity index is 0.00000196. The normalized spacial score (nSPS) is 11.7. The van der Waals surface area contributed by atoms with E-state index in [0.29, 0.717) is 24.3 Å². The predicted octanol–water partition coefficient (Wildman–Crippen LogP) is 1.60. The Morgan fingerprint density at radius 2 is 2.13 bits per heavy atom. The number of methoxy groups -OCH3 is 1. The van der Waals surface area contributed by atoms with Crippen LogP contribution in [0.5, 0.6) is 5.75 Å². The second-order valence-electron chi connectivity index (χ2n) is 3.07. The van der Waals surface area contributed by atoms with E-state index in [9.17, 15) is 4.39 Å². The second kappa shape index (κ2) is 6.61. The molecule has 3 nitrogen and oxygen atoms in total. The smallest absolute Gasteiger partial charge is 0.128 e. The summed E-state index contributed by atoms with van der Waals surface area (Å²) in [6, 6.07) is 4.16. The Labute approximate surface area is 95.0 Å². The van der Waals surface area contributed by atoms with Gasteiger partial charge in [-0.25, -0.2) is 4.39 Å². The molecule has 1 atom stereocenters. The van der Waals surface area contributed by atoms with Crippen LogP contribution < -0.4 is 16.2 Å². The average Bonchev–Trinajstić information content (AvgIpc) is 2.19. The molecule has 0 spiro atoms. The number of hydrogen-bond acceptors (Lipinski definition) is 3. The Morgan fingerprint density at radius 3 is 2.67 bits per heavy atom. The van der Waals surface area contributed by atoms with E-state index in [4.69, 9.17) is 16.2 Å². The van der Waals surface area contributed by atoms with Gasteiger partial charge in [0.25, 0.3) is 0 Å². The van der Waals surface area contributed by atoms with E-state index in [2.05, 4.69) is 0 Å². The lowest BCUT2D eigenvalue weighted by atomic mass is 10.0. The van der Waals surface area contributed by atoms with Crippen LogP contribution in [0.2, 0.25) is 0 Å². The monoisotopic (exact) mass is 234 g/mol. The van der Waals surface area contributed by atoms with Gasteiger partial charge in [0.15, 0.2) is 0 Å². The molecule has 1 rings (SSSR count). The first kappa shape index (κ1) is 14.2. The van der Waals surface area contributed by atoms with E-state index in [1.54, 1.807) is 12.1 Å². The minimum Gasteiger partial charge on any atom is -0.497 e. The predicted molar refractivity (Wildman–Crippen MR) is 60.8 cm³/mol. The number of benzene rings is 1. The molecule has 0 aromatic heterocycles. The molecule has 15 heavy (non-hydrogen) atoms. The van der Waals surface area contributed by atoms with Crippen LogP contribution >= 0.6 is 12.4 Å². The van der Waals surface area contributed by atoms with Crippen molar-refractivity contribution in [3.8, 4) is 5.75 Å². The Bertz CT molecular complexity index is 309. The first-order valence-corrected chi connectivity index (χ1v) is 4.48. The molecule has 5 heteroatoms. The van der Waals surface area contributed by atoms with Gasteiger partial charge in [-0.15, -0.1) is 12.4 Å². The zero-order valence-corrected chi connectivity index (χ0v) is 9.39. The van der Waals surface area contributed by atoms with Crippen molar-refractivity contribution in [2.75, 3.05) is 13.7 Å². The van der Waals surface area contributed by atoms with E-state index in [1.807, 2.05) is 0 Å². The first-order chi connectivity index (χ1) is 6.69. The molecule has 1 aromatic carbocycles. The third kappa shape index (κ3) is 3.66. The molecule has 0 fully saturated rings.